The van der Waals surface area contributed by atoms with Gasteiger partial charge in [0, 0.05) is 37.3 Å². The fraction of sp³-hybridized carbons (Fsp3) is 0.600. The molecule has 0 aliphatic carbocycles. The van der Waals surface area contributed by atoms with E-state index in [-0.39, 0.29) is 5.41 Å². The van der Waals surface area contributed by atoms with Crippen LogP contribution in [0.1, 0.15) is 39.7 Å². The van der Waals surface area contributed by atoms with Crippen molar-refractivity contribution in [1.82, 2.24) is 9.88 Å². The highest BCUT2D eigenvalue weighted by Crippen LogP contribution is 2.17. The molecule has 0 aromatic carbocycles. The van der Waals surface area contributed by atoms with Crippen LogP contribution in [0.15, 0.2) is 24.5 Å². The van der Waals surface area contributed by atoms with Gasteiger partial charge in [0.25, 0.3) is 0 Å². The fourth-order valence-corrected chi connectivity index (χ4v) is 1.73. The minimum absolute atomic E-state index is 0.226. The standard InChI is InChI=1S/C15H24N2O/c1-5-17(11-8-14(18)15(2,3)4)12-13-6-9-16-10-7-13/h6-7,9-10H,5,8,11-12H2,1-4H3. The molecule has 0 saturated carbocycles. The molecule has 0 spiro atoms. The third kappa shape index (κ3) is 4.96. The zero-order valence-corrected chi connectivity index (χ0v) is 11.9. The molecule has 100 valence electrons. The molecule has 18 heavy (non-hydrogen) atoms. The first-order valence-electron chi connectivity index (χ1n) is 6.58. The van der Waals surface area contributed by atoms with Gasteiger partial charge in [-0.15, -0.1) is 0 Å². The lowest BCUT2D eigenvalue weighted by Gasteiger charge is -2.23. The van der Waals surface area contributed by atoms with Gasteiger partial charge in [0.05, 0.1) is 0 Å². The third-order valence-electron chi connectivity index (χ3n) is 3.09. The molecule has 1 aromatic rings. The highest BCUT2D eigenvalue weighted by molar-refractivity contribution is 5.83. The first-order valence-corrected chi connectivity index (χ1v) is 6.58. The largest absolute Gasteiger partial charge is 0.299 e. The number of pyridine rings is 1. The number of carbonyl (C=O) groups excluding carboxylic acids is 1. The van der Waals surface area contributed by atoms with Crippen molar-refractivity contribution < 1.29 is 4.79 Å². The van der Waals surface area contributed by atoms with Crippen LogP contribution >= 0.6 is 0 Å². The summed E-state index contributed by atoms with van der Waals surface area (Å²) in [5.74, 6) is 0.329. The number of nitrogens with zero attached hydrogens (tertiary/aromatic N) is 2. The second-order valence-corrected chi connectivity index (χ2v) is 5.65. The van der Waals surface area contributed by atoms with Crippen molar-refractivity contribution in [2.24, 2.45) is 5.41 Å². The number of hydrogen-bond acceptors (Lipinski definition) is 3. The van der Waals surface area contributed by atoms with Crippen molar-refractivity contribution in [2.75, 3.05) is 13.1 Å². The Morgan fingerprint density at radius 3 is 2.39 bits per heavy atom. The molecule has 0 N–H and O–H groups in total. The van der Waals surface area contributed by atoms with Gasteiger partial charge in [-0.25, -0.2) is 0 Å². The lowest BCUT2D eigenvalue weighted by atomic mass is 9.89. The summed E-state index contributed by atoms with van der Waals surface area (Å²) in [6, 6.07) is 4.04. The van der Waals surface area contributed by atoms with Gasteiger partial charge in [0.15, 0.2) is 0 Å². The number of rotatable bonds is 6. The van der Waals surface area contributed by atoms with Gasteiger partial charge in [-0.2, -0.15) is 0 Å². The molecule has 0 bridgehead atoms. The molecule has 0 amide bonds. The molecule has 1 heterocycles. The molecule has 0 unspecified atom stereocenters. The molecule has 1 aromatic heterocycles. The highest BCUT2D eigenvalue weighted by atomic mass is 16.1. The monoisotopic (exact) mass is 248 g/mol. The van der Waals surface area contributed by atoms with Crippen molar-refractivity contribution in [2.45, 2.75) is 40.7 Å². The lowest BCUT2D eigenvalue weighted by Crippen LogP contribution is -2.29. The SMILES string of the molecule is CCN(CCC(=O)C(C)(C)C)Cc1ccncc1. The summed E-state index contributed by atoms with van der Waals surface area (Å²) in [5, 5.41) is 0. The fourth-order valence-electron chi connectivity index (χ4n) is 1.73. The first-order chi connectivity index (χ1) is 8.43. The summed E-state index contributed by atoms with van der Waals surface area (Å²) in [4.78, 5) is 18.2. The smallest absolute Gasteiger partial charge is 0.139 e. The number of hydrogen-bond donors (Lipinski definition) is 0. The van der Waals surface area contributed by atoms with Crippen molar-refractivity contribution in [1.29, 1.82) is 0 Å². The summed E-state index contributed by atoms with van der Waals surface area (Å²) >= 11 is 0. The topological polar surface area (TPSA) is 33.2 Å². The Hall–Kier alpha value is -1.22. The van der Waals surface area contributed by atoms with E-state index in [0.717, 1.165) is 19.6 Å². The Kier molecular flexibility index (Phi) is 5.48. The molecule has 1 rings (SSSR count). The van der Waals surface area contributed by atoms with E-state index in [4.69, 9.17) is 0 Å². The Morgan fingerprint density at radius 2 is 1.89 bits per heavy atom. The van der Waals surface area contributed by atoms with E-state index in [1.807, 2.05) is 45.3 Å². The maximum atomic E-state index is 11.9. The van der Waals surface area contributed by atoms with Crippen LogP contribution in [0.3, 0.4) is 0 Å². The molecule has 3 heteroatoms. The predicted molar refractivity (Wildman–Crippen MR) is 74.3 cm³/mol. The van der Waals surface area contributed by atoms with Gasteiger partial charge in [0.2, 0.25) is 0 Å². The highest BCUT2D eigenvalue weighted by Gasteiger charge is 2.21. The molecule has 0 fully saturated rings. The summed E-state index contributed by atoms with van der Waals surface area (Å²) < 4.78 is 0. The maximum absolute atomic E-state index is 11.9. The average molecular weight is 248 g/mol. The van der Waals surface area contributed by atoms with Crippen LogP contribution in [0.5, 0.6) is 0 Å². The average Bonchev–Trinajstić information content (AvgIpc) is 2.34. The minimum atomic E-state index is -0.226. The van der Waals surface area contributed by atoms with E-state index >= 15 is 0 Å². The van der Waals surface area contributed by atoms with E-state index in [9.17, 15) is 4.79 Å². The normalized spacial score (nSPS) is 11.8. The van der Waals surface area contributed by atoms with Crippen LogP contribution in [0, 0.1) is 5.41 Å². The second kappa shape index (κ2) is 6.64. The van der Waals surface area contributed by atoms with Crippen molar-refractivity contribution in [3.05, 3.63) is 30.1 Å². The van der Waals surface area contributed by atoms with Gasteiger partial charge in [-0.3, -0.25) is 14.7 Å². The summed E-state index contributed by atoms with van der Waals surface area (Å²) in [7, 11) is 0. The van der Waals surface area contributed by atoms with E-state index in [1.165, 1.54) is 5.56 Å². The second-order valence-electron chi connectivity index (χ2n) is 5.65. The van der Waals surface area contributed by atoms with E-state index in [0.29, 0.717) is 12.2 Å². The van der Waals surface area contributed by atoms with E-state index in [2.05, 4.69) is 16.8 Å². The molecule has 0 saturated heterocycles. The Balaban J connectivity index is 2.46. The first kappa shape index (κ1) is 14.8. The zero-order valence-electron chi connectivity index (χ0n) is 11.9. The van der Waals surface area contributed by atoms with Gasteiger partial charge in [0.1, 0.15) is 5.78 Å². The number of aromatic nitrogens is 1. The van der Waals surface area contributed by atoms with Gasteiger partial charge < -0.3 is 0 Å². The summed E-state index contributed by atoms with van der Waals surface area (Å²) in [6.07, 6.45) is 4.25. The number of carbonyl (C=O) groups is 1. The van der Waals surface area contributed by atoms with Gasteiger partial charge in [-0.05, 0) is 24.2 Å². The molecule has 0 aliphatic rings. The molecule has 3 nitrogen and oxygen atoms in total. The Morgan fingerprint density at radius 1 is 1.28 bits per heavy atom. The van der Waals surface area contributed by atoms with Crippen LogP contribution in [0.4, 0.5) is 0 Å². The minimum Gasteiger partial charge on any atom is -0.299 e. The molecular formula is C15H24N2O. The Bertz CT molecular complexity index is 368. The molecule has 0 radical (unpaired) electrons. The molecule has 0 aliphatic heterocycles. The van der Waals surface area contributed by atoms with Crippen molar-refractivity contribution in [3.8, 4) is 0 Å². The van der Waals surface area contributed by atoms with Crippen LogP contribution in [-0.2, 0) is 11.3 Å². The van der Waals surface area contributed by atoms with E-state index < -0.39 is 0 Å². The van der Waals surface area contributed by atoms with Crippen molar-refractivity contribution in [3.63, 3.8) is 0 Å². The van der Waals surface area contributed by atoms with Gasteiger partial charge in [-0.1, -0.05) is 27.7 Å². The predicted octanol–water partition coefficient (Wildman–Crippen LogP) is 2.91. The summed E-state index contributed by atoms with van der Waals surface area (Å²) in [5.41, 5.74) is 1.02. The van der Waals surface area contributed by atoms with Crippen LogP contribution in [0.2, 0.25) is 0 Å². The van der Waals surface area contributed by atoms with Crippen molar-refractivity contribution >= 4 is 5.78 Å². The van der Waals surface area contributed by atoms with Crippen LogP contribution < -0.4 is 0 Å². The van der Waals surface area contributed by atoms with Crippen LogP contribution in [0.25, 0.3) is 0 Å². The van der Waals surface area contributed by atoms with E-state index in [1.54, 1.807) is 0 Å². The number of Topliss-reactive ketones (excluding diaryl/α,β-unsaturated/α-hetero) is 1. The maximum Gasteiger partial charge on any atom is 0.139 e. The third-order valence-corrected chi connectivity index (χ3v) is 3.09. The lowest BCUT2D eigenvalue weighted by molar-refractivity contribution is -0.126. The Labute approximate surface area is 110 Å². The quantitative estimate of drug-likeness (QED) is 0.776. The molecular weight excluding hydrogens is 224 g/mol. The number of ketones is 1. The van der Waals surface area contributed by atoms with Crippen LogP contribution in [-0.4, -0.2) is 28.8 Å². The summed E-state index contributed by atoms with van der Waals surface area (Å²) in [6.45, 7) is 10.7. The molecule has 0 atom stereocenters. The zero-order chi connectivity index (χ0) is 13.6. The van der Waals surface area contributed by atoms with Gasteiger partial charge >= 0.3 is 0 Å².